The van der Waals surface area contributed by atoms with Crippen LogP contribution >= 0.6 is 0 Å². The normalized spacial score (nSPS) is 24.1. The zero-order valence-electron chi connectivity index (χ0n) is 10.1. The van der Waals surface area contributed by atoms with Gasteiger partial charge in [0.1, 0.15) is 0 Å². The van der Waals surface area contributed by atoms with Crippen LogP contribution in [0.25, 0.3) is 0 Å². The molecule has 2 unspecified atom stereocenters. The molecule has 1 amide bonds. The third kappa shape index (κ3) is 2.33. The number of likely N-dealkylation sites (tertiary alicyclic amines) is 1. The number of aryl methyl sites for hydroxylation is 2. The van der Waals surface area contributed by atoms with Gasteiger partial charge in [-0.1, -0.05) is 17.7 Å². The average molecular weight is 235 g/mol. The van der Waals surface area contributed by atoms with Crippen LogP contribution < -0.4 is 0 Å². The Bertz CT molecular complexity index is 434. The Morgan fingerprint density at radius 2 is 1.82 bits per heavy atom. The van der Waals surface area contributed by atoms with Gasteiger partial charge in [0, 0.05) is 18.7 Å². The molecule has 1 aliphatic heterocycles. The molecular formula is C13H17NO3. The Morgan fingerprint density at radius 3 is 2.35 bits per heavy atom. The Morgan fingerprint density at radius 1 is 1.24 bits per heavy atom. The number of rotatable bonds is 1. The summed E-state index contributed by atoms with van der Waals surface area (Å²) in [6.07, 6.45) is -1.66. The van der Waals surface area contributed by atoms with Crippen molar-refractivity contribution in [2.75, 3.05) is 13.1 Å². The lowest BCUT2D eigenvalue weighted by molar-refractivity contribution is 0.0572. The average Bonchev–Trinajstić information content (AvgIpc) is 2.58. The summed E-state index contributed by atoms with van der Waals surface area (Å²) < 4.78 is 0. The summed E-state index contributed by atoms with van der Waals surface area (Å²) in [7, 11) is 0. The standard InChI is InChI=1S/C13H17NO3/c1-8-3-4-10(9(2)5-8)13(17)14-6-11(15)12(16)7-14/h3-5,11-12,15-16H,6-7H2,1-2H3. The molecule has 4 nitrogen and oxygen atoms in total. The topological polar surface area (TPSA) is 60.8 Å². The Kier molecular flexibility index (Phi) is 3.17. The first-order valence-corrected chi connectivity index (χ1v) is 5.71. The van der Waals surface area contributed by atoms with Gasteiger partial charge in [-0.15, -0.1) is 0 Å². The second kappa shape index (κ2) is 4.47. The van der Waals surface area contributed by atoms with Crippen molar-refractivity contribution in [1.29, 1.82) is 0 Å². The fourth-order valence-corrected chi connectivity index (χ4v) is 2.16. The lowest BCUT2D eigenvalue weighted by Gasteiger charge is -2.17. The Balaban J connectivity index is 2.20. The predicted molar refractivity (Wildman–Crippen MR) is 63.8 cm³/mol. The maximum atomic E-state index is 12.2. The number of carbonyl (C=O) groups excluding carboxylic acids is 1. The van der Waals surface area contributed by atoms with Crippen molar-refractivity contribution < 1.29 is 15.0 Å². The number of nitrogens with zero attached hydrogens (tertiary/aromatic N) is 1. The molecule has 0 spiro atoms. The molecular weight excluding hydrogens is 218 g/mol. The predicted octanol–water partition coefficient (Wildman–Crippen LogP) is 0.481. The third-order valence-electron chi connectivity index (χ3n) is 3.16. The quantitative estimate of drug-likeness (QED) is 0.744. The molecule has 0 bridgehead atoms. The molecule has 17 heavy (non-hydrogen) atoms. The smallest absolute Gasteiger partial charge is 0.254 e. The van der Waals surface area contributed by atoms with E-state index < -0.39 is 12.2 Å². The number of aliphatic hydroxyl groups is 2. The summed E-state index contributed by atoms with van der Waals surface area (Å²) in [6, 6.07) is 5.64. The van der Waals surface area contributed by atoms with E-state index in [1.165, 1.54) is 4.90 Å². The molecule has 1 aliphatic rings. The molecule has 0 aliphatic carbocycles. The molecule has 1 fully saturated rings. The van der Waals surface area contributed by atoms with Crippen LogP contribution in [0.2, 0.25) is 0 Å². The Hall–Kier alpha value is -1.39. The van der Waals surface area contributed by atoms with Crippen LogP contribution in [0.4, 0.5) is 0 Å². The third-order valence-corrected chi connectivity index (χ3v) is 3.16. The van der Waals surface area contributed by atoms with Gasteiger partial charge in [0.05, 0.1) is 12.2 Å². The number of aliphatic hydroxyl groups excluding tert-OH is 2. The number of carbonyl (C=O) groups is 1. The van der Waals surface area contributed by atoms with Gasteiger partial charge < -0.3 is 15.1 Å². The van der Waals surface area contributed by atoms with Gasteiger partial charge >= 0.3 is 0 Å². The largest absolute Gasteiger partial charge is 0.388 e. The van der Waals surface area contributed by atoms with E-state index in [9.17, 15) is 15.0 Å². The molecule has 0 radical (unpaired) electrons. The van der Waals surface area contributed by atoms with E-state index in [0.717, 1.165) is 11.1 Å². The SMILES string of the molecule is Cc1ccc(C(=O)N2CC(O)C(O)C2)c(C)c1. The highest BCUT2D eigenvalue weighted by Gasteiger charge is 2.33. The highest BCUT2D eigenvalue weighted by molar-refractivity contribution is 5.96. The second-order valence-electron chi connectivity index (χ2n) is 4.66. The number of hydrogen-bond donors (Lipinski definition) is 2. The summed E-state index contributed by atoms with van der Waals surface area (Å²) in [5.74, 6) is -0.127. The van der Waals surface area contributed by atoms with Crippen LogP contribution in [0, 0.1) is 13.8 Å². The van der Waals surface area contributed by atoms with Crippen molar-refractivity contribution >= 4 is 5.91 Å². The maximum absolute atomic E-state index is 12.2. The van der Waals surface area contributed by atoms with E-state index in [2.05, 4.69) is 0 Å². The van der Waals surface area contributed by atoms with Crippen molar-refractivity contribution in [3.05, 3.63) is 34.9 Å². The molecule has 1 saturated heterocycles. The summed E-state index contributed by atoms with van der Waals surface area (Å²) in [6.45, 7) is 4.27. The van der Waals surface area contributed by atoms with E-state index in [4.69, 9.17) is 0 Å². The highest BCUT2D eigenvalue weighted by Crippen LogP contribution is 2.17. The maximum Gasteiger partial charge on any atom is 0.254 e. The van der Waals surface area contributed by atoms with Crippen molar-refractivity contribution in [2.24, 2.45) is 0 Å². The van der Waals surface area contributed by atoms with Gasteiger partial charge in [-0.2, -0.15) is 0 Å². The molecule has 0 saturated carbocycles. The zero-order valence-corrected chi connectivity index (χ0v) is 10.1. The highest BCUT2D eigenvalue weighted by atomic mass is 16.3. The molecule has 0 aromatic heterocycles. The summed E-state index contributed by atoms with van der Waals surface area (Å²) in [4.78, 5) is 13.7. The van der Waals surface area contributed by atoms with Crippen LogP contribution in [-0.4, -0.2) is 46.3 Å². The summed E-state index contributed by atoms with van der Waals surface area (Å²) in [5.41, 5.74) is 2.67. The van der Waals surface area contributed by atoms with Gasteiger partial charge in [0.15, 0.2) is 0 Å². The molecule has 92 valence electrons. The van der Waals surface area contributed by atoms with Crippen LogP contribution in [0.5, 0.6) is 0 Å². The summed E-state index contributed by atoms with van der Waals surface area (Å²) >= 11 is 0. The monoisotopic (exact) mass is 235 g/mol. The fraction of sp³-hybridized carbons (Fsp3) is 0.462. The molecule has 4 heteroatoms. The fourth-order valence-electron chi connectivity index (χ4n) is 2.16. The Labute approximate surface area is 100 Å². The number of β-amino-alcohol motifs (C(OH)–C–C–N with tert-alkyl or cyclic N) is 2. The minimum atomic E-state index is -0.829. The zero-order chi connectivity index (χ0) is 12.6. The van der Waals surface area contributed by atoms with Gasteiger partial charge in [0.2, 0.25) is 0 Å². The first kappa shape index (κ1) is 12.1. The second-order valence-corrected chi connectivity index (χ2v) is 4.66. The van der Waals surface area contributed by atoms with Crippen LogP contribution in [-0.2, 0) is 0 Å². The first-order valence-electron chi connectivity index (χ1n) is 5.71. The van der Waals surface area contributed by atoms with E-state index in [1.54, 1.807) is 6.07 Å². The van der Waals surface area contributed by atoms with Gasteiger partial charge in [-0.25, -0.2) is 0 Å². The lowest BCUT2D eigenvalue weighted by Crippen LogP contribution is -2.30. The first-order chi connectivity index (χ1) is 7.99. The van der Waals surface area contributed by atoms with Crippen molar-refractivity contribution in [3.8, 4) is 0 Å². The van der Waals surface area contributed by atoms with Gasteiger partial charge in [-0.05, 0) is 25.5 Å². The molecule has 2 N–H and O–H groups in total. The van der Waals surface area contributed by atoms with Gasteiger partial charge in [0.25, 0.3) is 5.91 Å². The number of amides is 1. The van der Waals surface area contributed by atoms with E-state index in [-0.39, 0.29) is 19.0 Å². The molecule has 1 heterocycles. The minimum absolute atomic E-state index is 0.127. The van der Waals surface area contributed by atoms with Crippen molar-refractivity contribution in [3.63, 3.8) is 0 Å². The van der Waals surface area contributed by atoms with Crippen LogP contribution in [0.15, 0.2) is 18.2 Å². The van der Waals surface area contributed by atoms with Crippen molar-refractivity contribution in [2.45, 2.75) is 26.1 Å². The van der Waals surface area contributed by atoms with Crippen molar-refractivity contribution in [1.82, 2.24) is 4.90 Å². The molecule has 2 atom stereocenters. The van der Waals surface area contributed by atoms with E-state index in [1.807, 2.05) is 26.0 Å². The van der Waals surface area contributed by atoms with E-state index in [0.29, 0.717) is 5.56 Å². The summed E-state index contributed by atoms with van der Waals surface area (Å²) in [5, 5.41) is 18.9. The lowest BCUT2D eigenvalue weighted by atomic mass is 10.0. The molecule has 1 aromatic carbocycles. The van der Waals surface area contributed by atoms with E-state index >= 15 is 0 Å². The number of hydrogen-bond acceptors (Lipinski definition) is 3. The molecule has 2 rings (SSSR count). The van der Waals surface area contributed by atoms with Crippen LogP contribution in [0.1, 0.15) is 21.5 Å². The number of benzene rings is 1. The minimum Gasteiger partial charge on any atom is -0.388 e. The molecule has 1 aromatic rings. The van der Waals surface area contributed by atoms with Crippen LogP contribution in [0.3, 0.4) is 0 Å². The van der Waals surface area contributed by atoms with Gasteiger partial charge in [-0.3, -0.25) is 4.79 Å².